The van der Waals surface area contributed by atoms with Gasteiger partial charge in [0.15, 0.2) is 0 Å². The van der Waals surface area contributed by atoms with Crippen molar-refractivity contribution in [2.75, 3.05) is 38.0 Å². The van der Waals surface area contributed by atoms with Gasteiger partial charge in [0, 0.05) is 43.8 Å². The molecule has 0 unspecified atom stereocenters. The summed E-state index contributed by atoms with van der Waals surface area (Å²) in [6, 6.07) is 2.68. The first kappa shape index (κ1) is 23.8. The maximum Gasteiger partial charge on any atom is 0.239 e. The van der Waals surface area contributed by atoms with Gasteiger partial charge in [0.25, 0.3) is 0 Å². The van der Waals surface area contributed by atoms with E-state index < -0.39 is 0 Å². The van der Waals surface area contributed by atoms with Crippen molar-refractivity contribution in [1.82, 2.24) is 14.4 Å². The zero-order valence-corrected chi connectivity index (χ0v) is 20.4. The van der Waals surface area contributed by atoms with Crippen molar-refractivity contribution in [2.45, 2.75) is 84.1 Å². The van der Waals surface area contributed by atoms with E-state index in [1.165, 1.54) is 38.5 Å². The predicted molar refractivity (Wildman–Crippen MR) is 129 cm³/mol. The van der Waals surface area contributed by atoms with Crippen molar-refractivity contribution in [2.24, 2.45) is 5.92 Å². The summed E-state index contributed by atoms with van der Waals surface area (Å²) in [7, 11) is 0. The Hall–Kier alpha value is -2.33. The molecular formula is C26H39N5O2. The molecule has 33 heavy (non-hydrogen) atoms. The van der Waals surface area contributed by atoms with Crippen molar-refractivity contribution in [3.8, 4) is 6.07 Å². The first-order chi connectivity index (χ1) is 16.0. The molecular weight excluding hydrogens is 414 g/mol. The zero-order valence-electron chi connectivity index (χ0n) is 20.4. The molecule has 180 valence electrons. The van der Waals surface area contributed by atoms with E-state index >= 15 is 0 Å². The fourth-order valence-corrected chi connectivity index (χ4v) is 5.99. The number of nitrogens with one attached hydrogen (secondary N) is 1. The third kappa shape index (κ3) is 5.27. The number of amides is 2. The van der Waals surface area contributed by atoms with E-state index in [-0.39, 0.29) is 11.8 Å². The summed E-state index contributed by atoms with van der Waals surface area (Å²) in [6.45, 7) is 7.17. The minimum atomic E-state index is -0.0758. The first-order valence-electron chi connectivity index (χ1n) is 12.9. The van der Waals surface area contributed by atoms with Gasteiger partial charge in [-0.15, -0.1) is 0 Å². The second kappa shape index (κ2) is 10.7. The van der Waals surface area contributed by atoms with Gasteiger partial charge >= 0.3 is 0 Å². The normalized spacial score (nSPS) is 21.1. The van der Waals surface area contributed by atoms with Crippen LogP contribution in [0.1, 0.15) is 87.1 Å². The van der Waals surface area contributed by atoms with E-state index in [0.717, 1.165) is 50.0 Å². The quantitative estimate of drug-likeness (QED) is 0.726. The van der Waals surface area contributed by atoms with Gasteiger partial charge in [-0.1, -0.05) is 38.5 Å². The molecule has 2 amide bonds. The fourth-order valence-electron chi connectivity index (χ4n) is 5.99. The molecule has 0 bridgehead atoms. The van der Waals surface area contributed by atoms with Gasteiger partial charge in [0.1, 0.15) is 11.9 Å². The highest BCUT2D eigenvalue weighted by Gasteiger charge is 2.30. The van der Waals surface area contributed by atoms with Crippen molar-refractivity contribution in [3.05, 3.63) is 16.8 Å². The third-order valence-corrected chi connectivity index (χ3v) is 8.07. The Morgan fingerprint density at radius 1 is 0.939 bits per heavy atom. The molecule has 0 aromatic carbocycles. The van der Waals surface area contributed by atoms with E-state index in [9.17, 15) is 14.9 Å². The second-order valence-electron chi connectivity index (χ2n) is 10.2. The van der Waals surface area contributed by atoms with Gasteiger partial charge in [0.2, 0.25) is 11.8 Å². The molecule has 0 spiro atoms. The number of hydrogen-bond donors (Lipinski definition) is 1. The van der Waals surface area contributed by atoms with Gasteiger partial charge in [-0.25, -0.2) is 0 Å². The van der Waals surface area contributed by atoms with Crippen LogP contribution in [0.15, 0.2) is 0 Å². The lowest BCUT2D eigenvalue weighted by atomic mass is 9.88. The molecule has 2 heterocycles. The van der Waals surface area contributed by atoms with Crippen LogP contribution in [0.25, 0.3) is 0 Å². The molecule has 4 rings (SSSR count). The number of carbonyl (C=O) groups is 2. The monoisotopic (exact) mass is 453 g/mol. The largest absolute Gasteiger partial charge is 0.340 e. The van der Waals surface area contributed by atoms with Gasteiger partial charge in [-0.2, -0.15) is 5.26 Å². The standard InChI is InChI=1S/C26H39N5O2/c1-19-20(2)31(22-11-7-4-8-12-22)25(23(19)17-27)28-24(32)18-29-13-15-30(16-14-29)26(33)21-9-5-3-6-10-21/h21-22H,3-16,18H2,1-2H3,(H,28,32). The molecule has 1 aliphatic heterocycles. The number of rotatable bonds is 5. The molecule has 0 atom stereocenters. The highest BCUT2D eigenvalue weighted by Crippen LogP contribution is 2.36. The zero-order chi connectivity index (χ0) is 23.4. The van der Waals surface area contributed by atoms with Crippen molar-refractivity contribution in [1.29, 1.82) is 5.26 Å². The summed E-state index contributed by atoms with van der Waals surface area (Å²) in [6.07, 6.45) is 11.5. The van der Waals surface area contributed by atoms with Gasteiger partial charge in [-0.3, -0.25) is 14.5 Å². The highest BCUT2D eigenvalue weighted by molar-refractivity contribution is 5.93. The minimum Gasteiger partial charge on any atom is -0.340 e. The summed E-state index contributed by atoms with van der Waals surface area (Å²) in [5.74, 6) is 1.12. The molecule has 2 saturated carbocycles. The Kier molecular flexibility index (Phi) is 7.75. The summed E-state index contributed by atoms with van der Waals surface area (Å²) < 4.78 is 2.21. The number of nitriles is 1. The predicted octanol–water partition coefficient (Wildman–Crippen LogP) is 4.14. The number of anilines is 1. The first-order valence-corrected chi connectivity index (χ1v) is 12.9. The maximum atomic E-state index is 13.0. The Labute approximate surface area is 198 Å². The summed E-state index contributed by atoms with van der Waals surface area (Å²) in [4.78, 5) is 29.9. The lowest BCUT2D eigenvalue weighted by molar-refractivity contribution is -0.138. The highest BCUT2D eigenvalue weighted by atomic mass is 16.2. The van der Waals surface area contributed by atoms with Crippen LogP contribution in [0, 0.1) is 31.1 Å². The molecule has 1 saturated heterocycles. The Morgan fingerprint density at radius 3 is 2.15 bits per heavy atom. The van der Waals surface area contributed by atoms with Crippen molar-refractivity contribution < 1.29 is 9.59 Å². The number of carbonyl (C=O) groups excluding carboxylic acids is 2. The lowest BCUT2D eigenvalue weighted by Crippen LogP contribution is -2.52. The van der Waals surface area contributed by atoms with Crippen LogP contribution in [-0.4, -0.2) is 58.9 Å². The third-order valence-electron chi connectivity index (χ3n) is 8.07. The summed E-state index contributed by atoms with van der Waals surface area (Å²) >= 11 is 0. The SMILES string of the molecule is Cc1c(C#N)c(NC(=O)CN2CCN(C(=O)C3CCCCC3)CC2)n(C2CCCCC2)c1C. The van der Waals surface area contributed by atoms with Crippen LogP contribution >= 0.6 is 0 Å². The molecule has 3 fully saturated rings. The Bertz CT molecular complexity index is 895. The van der Waals surface area contributed by atoms with E-state index in [4.69, 9.17) is 0 Å². The Balaban J connectivity index is 1.36. The molecule has 1 N–H and O–H groups in total. The average molecular weight is 454 g/mol. The van der Waals surface area contributed by atoms with Crippen LogP contribution in [0.5, 0.6) is 0 Å². The molecule has 2 aliphatic carbocycles. The number of hydrogen-bond acceptors (Lipinski definition) is 4. The van der Waals surface area contributed by atoms with Crippen molar-refractivity contribution in [3.63, 3.8) is 0 Å². The average Bonchev–Trinajstić information content (AvgIpc) is 3.08. The topological polar surface area (TPSA) is 81.4 Å². The molecule has 3 aliphatic rings. The van der Waals surface area contributed by atoms with Crippen LogP contribution in [-0.2, 0) is 9.59 Å². The van der Waals surface area contributed by atoms with Crippen LogP contribution in [0.2, 0.25) is 0 Å². The number of aromatic nitrogens is 1. The van der Waals surface area contributed by atoms with Gasteiger partial charge < -0.3 is 14.8 Å². The minimum absolute atomic E-state index is 0.0758. The van der Waals surface area contributed by atoms with Gasteiger partial charge in [0.05, 0.1) is 12.1 Å². The Morgan fingerprint density at radius 2 is 1.55 bits per heavy atom. The van der Waals surface area contributed by atoms with E-state index in [1.54, 1.807) is 0 Å². The van der Waals surface area contributed by atoms with Crippen molar-refractivity contribution >= 4 is 17.6 Å². The van der Waals surface area contributed by atoms with Crippen LogP contribution in [0.4, 0.5) is 5.82 Å². The van der Waals surface area contributed by atoms with Gasteiger partial charge in [-0.05, 0) is 45.1 Å². The summed E-state index contributed by atoms with van der Waals surface area (Å²) in [5.41, 5.74) is 2.64. The summed E-state index contributed by atoms with van der Waals surface area (Å²) in [5, 5.41) is 12.9. The smallest absolute Gasteiger partial charge is 0.239 e. The molecule has 0 radical (unpaired) electrons. The molecule has 7 nitrogen and oxygen atoms in total. The fraction of sp³-hybridized carbons (Fsp3) is 0.731. The second-order valence-corrected chi connectivity index (χ2v) is 10.2. The maximum absolute atomic E-state index is 13.0. The molecule has 1 aromatic heterocycles. The van der Waals surface area contributed by atoms with Crippen LogP contribution < -0.4 is 5.32 Å². The molecule has 1 aromatic rings. The van der Waals surface area contributed by atoms with E-state index in [1.807, 2.05) is 11.8 Å². The van der Waals surface area contributed by atoms with E-state index in [0.29, 0.717) is 43.0 Å². The number of piperazine rings is 1. The van der Waals surface area contributed by atoms with E-state index in [2.05, 4.69) is 27.8 Å². The van der Waals surface area contributed by atoms with Crippen LogP contribution in [0.3, 0.4) is 0 Å². The molecule has 7 heteroatoms. The lowest BCUT2D eigenvalue weighted by Gasteiger charge is -2.36. The number of nitrogens with zero attached hydrogens (tertiary/aromatic N) is 4.